The molecule has 0 radical (unpaired) electrons. The lowest BCUT2D eigenvalue weighted by Crippen LogP contribution is -2.08. The molecule has 0 saturated carbocycles. The molecule has 0 spiro atoms. The molecule has 0 bridgehead atoms. The number of rotatable bonds is 3. The van der Waals surface area contributed by atoms with E-state index >= 15 is 0 Å². The Labute approximate surface area is 89.7 Å². The third-order valence-corrected chi connectivity index (χ3v) is 3.20. The Morgan fingerprint density at radius 2 is 2.33 bits per heavy atom. The lowest BCUT2D eigenvalue weighted by Gasteiger charge is -2.04. The van der Waals surface area contributed by atoms with Crippen LogP contribution < -0.4 is 5.73 Å². The van der Waals surface area contributed by atoms with Crippen molar-refractivity contribution in [2.75, 3.05) is 6.67 Å². The summed E-state index contributed by atoms with van der Waals surface area (Å²) in [6, 6.07) is 1.79. The molecule has 1 nitrogen and oxygen atoms in total. The quantitative estimate of drug-likeness (QED) is 0.899. The molecular formula is C7H10BrClFNS. The molecule has 0 aliphatic heterocycles. The van der Waals surface area contributed by atoms with Crippen molar-refractivity contribution in [3.8, 4) is 0 Å². The van der Waals surface area contributed by atoms with Crippen LogP contribution in [0.15, 0.2) is 15.9 Å². The second kappa shape index (κ2) is 5.91. The summed E-state index contributed by atoms with van der Waals surface area (Å²) in [5, 5.41) is 1.95. The van der Waals surface area contributed by atoms with Crippen molar-refractivity contribution in [3.05, 3.63) is 20.8 Å². The number of thiophene rings is 1. The first-order valence-electron chi connectivity index (χ1n) is 3.29. The first kappa shape index (κ1) is 12.4. The normalized spacial score (nSPS) is 12.2. The summed E-state index contributed by atoms with van der Waals surface area (Å²) in [5.41, 5.74) is 5.67. The molecule has 1 rings (SSSR count). The molecule has 0 saturated heterocycles. The van der Waals surface area contributed by atoms with Gasteiger partial charge in [-0.05, 0) is 28.4 Å². The van der Waals surface area contributed by atoms with E-state index in [1.54, 1.807) is 11.3 Å². The van der Waals surface area contributed by atoms with Crippen molar-refractivity contribution in [3.63, 3.8) is 0 Å². The molecule has 0 amide bonds. The van der Waals surface area contributed by atoms with E-state index in [2.05, 4.69) is 15.9 Å². The Bertz CT molecular complexity index is 231. The second-order valence-corrected chi connectivity index (χ2v) is 4.11. The predicted octanol–water partition coefficient (Wildman–Crippen LogP) is 3.29. The van der Waals surface area contributed by atoms with Crippen molar-refractivity contribution in [2.24, 2.45) is 5.73 Å². The molecule has 5 heteroatoms. The van der Waals surface area contributed by atoms with Crippen molar-refractivity contribution < 1.29 is 4.39 Å². The van der Waals surface area contributed by atoms with Crippen LogP contribution in [0, 0.1) is 0 Å². The maximum atomic E-state index is 11.8. The largest absolute Gasteiger partial charge is 0.323 e. The summed E-state index contributed by atoms with van der Waals surface area (Å²) in [5.74, 6) is 0. The molecule has 1 aromatic heterocycles. The highest BCUT2D eigenvalue weighted by Gasteiger charge is 2.07. The van der Waals surface area contributed by atoms with Gasteiger partial charge in [0, 0.05) is 20.8 Å². The number of halogens is 3. The third kappa shape index (κ3) is 3.39. The second-order valence-electron chi connectivity index (χ2n) is 2.25. The Morgan fingerprint density at radius 1 is 1.67 bits per heavy atom. The summed E-state index contributed by atoms with van der Waals surface area (Å²) in [4.78, 5) is 1.04. The number of alkyl halides is 1. The fourth-order valence-electron chi connectivity index (χ4n) is 0.783. The van der Waals surface area contributed by atoms with Gasteiger partial charge < -0.3 is 5.73 Å². The van der Waals surface area contributed by atoms with Crippen molar-refractivity contribution in [1.29, 1.82) is 0 Å². The lowest BCUT2D eigenvalue weighted by molar-refractivity contribution is 0.444. The van der Waals surface area contributed by atoms with E-state index in [4.69, 9.17) is 5.73 Å². The highest BCUT2D eigenvalue weighted by molar-refractivity contribution is 9.10. The Hall–Kier alpha value is 0.360. The van der Waals surface area contributed by atoms with Crippen LogP contribution in [0.2, 0.25) is 0 Å². The summed E-state index contributed by atoms with van der Waals surface area (Å²) in [6.07, 6.45) is 0.410. The van der Waals surface area contributed by atoms with Gasteiger partial charge in [-0.2, -0.15) is 0 Å². The third-order valence-electron chi connectivity index (χ3n) is 1.37. The van der Waals surface area contributed by atoms with Crippen LogP contribution in [0.25, 0.3) is 0 Å². The van der Waals surface area contributed by atoms with E-state index in [0.717, 1.165) is 9.35 Å². The zero-order valence-electron chi connectivity index (χ0n) is 6.30. The van der Waals surface area contributed by atoms with Crippen molar-refractivity contribution in [2.45, 2.75) is 12.5 Å². The van der Waals surface area contributed by atoms with Crippen LogP contribution in [0.1, 0.15) is 17.3 Å². The molecule has 1 heterocycles. The fourth-order valence-corrected chi connectivity index (χ4v) is 2.27. The maximum absolute atomic E-state index is 11.8. The minimum absolute atomic E-state index is 0. The smallest absolute Gasteiger partial charge is 0.0912 e. The molecule has 1 atom stereocenters. The van der Waals surface area contributed by atoms with Gasteiger partial charge >= 0.3 is 0 Å². The molecule has 0 fully saturated rings. The summed E-state index contributed by atoms with van der Waals surface area (Å²) < 4.78 is 12.9. The van der Waals surface area contributed by atoms with Gasteiger partial charge in [0.15, 0.2) is 0 Å². The predicted molar refractivity (Wildman–Crippen MR) is 56.8 cm³/mol. The van der Waals surface area contributed by atoms with Gasteiger partial charge in [-0.1, -0.05) is 0 Å². The van der Waals surface area contributed by atoms with Gasteiger partial charge in [-0.25, -0.2) is 0 Å². The highest BCUT2D eigenvalue weighted by atomic mass is 79.9. The first-order valence-corrected chi connectivity index (χ1v) is 4.97. The minimum Gasteiger partial charge on any atom is -0.323 e. The van der Waals surface area contributed by atoms with Crippen LogP contribution in [-0.2, 0) is 0 Å². The highest BCUT2D eigenvalue weighted by Crippen LogP contribution is 2.25. The summed E-state index contributed by atoms with van der Waals surface area (Å²) >= 11 is 4.87. The molecule has 0 unspecified atom stereocenters. The molecule has 0 aromatic carbocycles. The van der Waals surface area contributed by atoms with Gasteiger partial charge in [0.25, 0.3) is 0 Å². The Balaban J connectivity index is 0.00000121. The van der Waals surface area contributed by atoms with E-state index in [1.807, 2.05) is 11.4 Å². The van der Waals surface area contributed by atoms with E-state index in [0.29, 0.717) is 6.42 Å². The van der Waals surface area contributed by atoms with Crippen molar-refractivity contribution in [1.82, 2.24) is 0 Å². The molecule has 1 aromatic rings. The molecule has 2 N–H and O–H groups in total. The van der Waals surface area contributed by atoms with E-state index in [9.17, 15) is 4.39 Å². The van der Waals surface area contributed by atoms with Crippen LogP contribution in [0.3, 0.4) is 0 Å². The van der Waals surface area contributed by atoms with E-state index in [-0.39, 0.29) is 25.1 Å². The molecule has 0 aliphatic rings. The monoisotopic (exact) mass is 273 g/mol. The topological polar surface area (TPSA) is 26.0 Å². The summed E-state index contributed by atoms with van der Waals surface area (Å²) in [7, 11) is 0. The minimum atomic E-state index is -0.351. The Morgan fingerprint density at radius 3 is 2.75 bits per heavy atom. The van der Waals surface area contributed by atoms with Crippen LogP contribution >= 0.6 is 39.7 Å². The number of hydrogen-bond donors (Lipinski definition) is 1. The van der Waals surface area contributed by atoms with E-state index in [1.165, 1.54) is 0 Å². The summed E-state index contributed by atoms with van der Waals surface area (Å²) in [6.45, 7) is -0.351. The average molecular weight is 275 g/mol. The van der Waals surface area contributed by atoms with Gasteiger partial charge in [0.05, 0.1) is 6.67 Å². The molecular weight excluding hydrogens is 265 g/mol. The van der Waals surface area contributed by atoms with Crippen LogP contribution in [-0.4, -0.2) is 6.67 Å². The first-order chi connectivity index (χ1) is 5.24. The van der Waals surface area contributed by atoms with E-state index < -0.39 is 0 Å². The van der Waals surface area contributed by atoms with Crippen molar-refractivity contribution >= 4 is 39.7 Å². The Kier molecular flexibility index (Phi) is 6.09. The van der Waals surface area contributed by atoms with Gasteiger partial charge in [0.1, 0.15) is 0 Å². The zero-order valence-corrected chi connectivity index (χ0v) is 9.52. The zero-order chi connectivity index (χ0) is 8.27. The molecule has 12 heavy (non-hydrogen) atoms. The van der Waals surface area contributed by atoms with Gasteiger partial charge in [0.2, 0.25) is 0 Å². The van der Waals surface area contributed by atoms with Gasteiger partial charge in [-0.3, -0.25) is 4.39 Å². The van der Waals surface area contributed by atoms with Crippen LogP contribution in [0.5, 0.6) is 0 Å². The standard InChI is InChI=1S/C7H9BrFNS.ClH/c8-5-3-7(11-4-5)6(10)1-2-9;/h3-4,6H,1-2,10H2;1H/t6-;/m1./s1. The molecule has 0 aliphatic carbocycles. The van der Waals surface area contributed by atoms with Gasteiger partial charge in [-0.15, -0.1) is 23.7 Å². The van der Waals surface area contributed by atoms with Crippen LogP contribution in [0.4, 0.5) is 4.39 Å². The lowest BCUT2D eigenvalue weighted by atomic mass is 10.2. The average Bonchev–Trinajstić information content (AvgIpc) is 2.36. The molecule has 70 valence electrons. The number of hydrogen-bond acceptors (Lipinski definition) is 2. The number of nitrogens with two attached hydrogens (primary N) is 1. The SMILES string of the molecule is Cl.N[C@H](CCF)c1cc(Br)cs1. The maximum Gasteiger partial charge on any atom is 0.0912 e. The fraction of sp³-hybridized carbons (Fsp3) is 0.429.